The Labute approximate surface area is 198 Å². The highest BCUT2D eigenvalue weighted by molar-refractivity contribution is 6.31. The number of nitrogens with one attached hydrogen (secondary N) is 1. The van der Waals surface area contributed by atoms with Crippen LogP contribution in [0.25, 0.3) is 5.57 Å². The Morgan fingerprint density at radius 3 is 2.75 bits per heavy atom. The third kappa shape index (κ3) is 7.32. The van der Waals surface area contributed by atoms with Crippen LogP contribution >= 0.6 is 11.6 Å². The van der Waals surface area contributed by atoms with Crippen molar-refractivity contribution in [3.63, 3.8) is 0 Å². The molecule has 32 heavy (non-hydrogen) atoms. The minimum Gasteiger partial charge on any atom is -0.393 e. The predicted molar refractivity (Wildman–Crippen MR) is 138 cm³/mol. The molecular formula is C27H35ClN4. The zero-order chi connectivity index (χ0) is 22.6. The minimum absolute atomic E-state index is 0.800. The van der Waals surface area contributed by atoms with E-state index in [0.29, 0.717) is 0 Å². The van der Waals surface area contributed by atoms with Crippen molar-refractivity contribution in [3.8, 4) is 0 Å². The summed E-state index contributed by atoms with van der Waals surface area (Å²) >= 11 is 6.24. The smallest absolute Gasteiger partial charge is 0.0707 e. The monoisotopic (exact) mass is 450 g/mol. The zero-order valence-corrected chi connectivity index (χ0v) is 19.9. The van der Waals surface area contributed by atoms with Gasteiger partial charge in [-0.15, -0.1) is 0 Å². The Hall–Kier alpha value is -2.43. The lowest BCUT2D eigenvalue weighted by atomic mass is 9.90. The molecule has 0 radical (unpaired) electrons. The molecule has 1 aliphatic carbocycles. The number of hydrogen-bond donors (Lipinski definition) is 1. The van der Waals surface area contributed by atoms with Gasteiger partial charge in [0.1, 0.15) is 0 Å². The van der Waals surface area contributed by atoms with E-state index in [1.165, 1.54) is 36.1 Å². The van der Waals surface area contributed by atoms with Crippen molar-refractivity contribution in [1.82, 2.24) is 15.2 Å². The molecule has 2 aliphatic rings. The molecule has 3 rings (SSSR count). The molecule has 0 amide bonds. The van der Waals surface area contributed by atoms with Crippen LogP contribution in [0.4, 0.5) is 0 Å². The van der Waals surface area contributed by atoms with Crippen molar-refractivity contribution in [2.45, 2.75) is 44.9 Å². The van der Waals surface area contributed by atoms with E-state index in [1.807, 2.05) is 31.6 Å². The predicted octanol–water partition coefficient (Wildman–Crippen LogP) is 6.26. The molecule has 1 aliphatic heterocycles. The average Bonchev–Trinajstić information content (AvgIpc) is 3.04. The normalized spacial score (nSPS) is 17.4. The van der Waals surface area contributed by atoms with Crippen LogP contribution < -0.4 is 5.32 Å². The summed E-state index contributed by atoms with van der Waals surface area (Å²) in [7, 11) is 1.90. The summed E-state index contributed by atoms with van der Waals surface area (Å²) in [6.07, 6.45) is 19.9. The molecule has 5 heteroatoms. The molecule has 0 spiro atoms. The summed E-state index contributed by atoms with van der Waals surface area (Å²) < 4.78 is 0. The van der Waals surface area contributed by atoms with Gasteiger partial charge in [0.25, 0.3) is 0 Å². The summed E-state index contributed by atoms with van der Waals surface area (Å²) in [5, 5.41) is 3.84. The first-order valence-corrected chi connectivity index (χ1v) is 12.0. The molecule has 1 aromatic heterocycles. The summed E-state index contributed by atoms with van der Waals surface area (Å²) in [6, 6.07) is 6.17. The van der Waals surface area contributed by atoms with Gasteiger partial charge in [-0.3, -0.25) is 9.98 Å². The molecule has 0 saturated carbocycles. The van der Waals surface area contributed by atoms with Gasteiger partial charge in [-0.05, 0) is 75.6 Å². The number of allylic oxidation sites excluding steroid dienone is 8. The fraction of sp³-hybridized carbons (Fsp3) is 0.407. The Morgan fingerprint density at radius 2 is 2.03 bits per heavy atom. The van der Waals surface area contributed by atoms with Gasteiger partial charge in [0, 0.05) is 43.1 Å². The van der Waals surface area contributed by atoms with E-state index < -0.39 is 0 Å². The lowest BCUT2D eigenvalue weighted by Crippen LogP contribution is -2.32. The van der Waals surface area contributed by atoms with Gasteiger partial charge in [-0.25, -0.2) is 0 Å². The molecular weight excluding hydrogens is 416 g/mol. The second kappa shape index (κ2) is 13.2. The van der Waals surface area contributed by atoms with E-state index in [-0.39, 0.29) is 0 Å². The minimum atomic E-state index is 0.800. The van der Waals surface area contributed by atoms with Gasteiger partial charge in [0.2, 0.25) is 0 Å². The van der Waals surface area contributed by atoms with Crippen molar-refractivity contribution in [2.24, 2.45) is 4.99 Å². The number of nitrogens with zero attached hydrogens (tertiary/aromatic N) is 3. The van der Waals surface area contributed by atoms with Crippen LogP contribution in [0.5, 0.6) is 0 Å². The van der Waals surface area contributed by atoms with Crippen LogP contribution in [0.3, 0.4) is 0 Å². The van der Waals surface area contributed by atoms with E-state index in [1.54, 1.807) is 0 Å². The molecule has 2 heterocycles. The average molecular weight is 451 g/mol. The lowest BCUT2D eigenvalue weighted by molar-refractivity contribution is 0.251. The molecule has 4 nitrogen and oxygen atoms in total. The van der Waals surface area contributed by atoms with E-state index in [4.69, 9.17) is 11.6 Å². The number of halogens is 1. The highest BCUT2D eigenvalue weighted by Gasteiger charge is 2.20. The Kier molecular flexibility index (Phi) is 9.98. The Morgan fingerprint density at radius 1 is 1.19 bits per heavy atom. The maximum absolute atomic E-state index is 6.24. The van der Waals surface area contributed by atoms with Crippen molar-refractivity contribution < 1.29 is 0 Å². The van der Waals surface area contributed by atoms with Gasteiger partial charge < -0.3 is 10.2 Å². The van der Waals surface area contributed by atoms with E-state index in [0.717, 1.165) is 61.6 Å². The summed E-state index contributed by atoms with van der Waals surface area (Å²) in [5.41, 5.74) is 6.14. The molecule has 0 bridgehead atoms. The summed E-state index contributed by atoms with van der Waals surface area (Å²) in [4.78, 5) is 11.4. The van der Waals surface area contributed by atoms with Gasteiger partial charge in [0.15, 0.2) is 0 Å². The van der Waals surface area contributed by atoms with Gasteiger partial charge in [-0.1, -0.05) is 47.9 Å². The molecule has 1 saturated heterocycles. The fourth-order valence-electron chi connectivity index (χ4n) is 4.31. The largest absolute Gasteiger partial charge is 0.393 e. The first-order valence-electron chi connectivity index (χ1n) is 11.6. The number of hydrogen-bond acceptors (Lipinski definition) is 4. The first-order chi connectivity index (χ1) is 15.7. The van der Waals surface area contributed by atoms with Crippen LogP contribution in [-0.2, 0) is 0 Å². The van der Waals surface area contributed by atoms with E-state index >= 15 is 0 Å². The molecule has 0 atom stereocenters. The van der Waals surface area contributed by atoms with Crippen LogP contribution in [0.1, 0.15) is 50.6 Å². The summed E-state index contributed by atoms with van der Waals surface area (Å²) in [6.45, 7) is 7.04. The van der Waals surface area contributed by atoms with Gasteiger partial charge in [0.05, 0.1) is 11.4 Å². The highest BCUT2D eigenvalue weighted by Crippen LogP contribution is 2.33. The van der Waals surface area contributed by atoms with Crippen molar-refractivity contribution in [3.05, 3.63) is 82.5 Å². The number of aliphatic imine (C=N–C) groups is 1. The number of unbranched alkanes of at least 4 members (excludes halogenated alkanes) is 2. The Bertz CT molecular complexity index is 899. The molecule has 1 fully saturated rings. The van der Waals surface area contributed by atoms with E-state index in [2.05, 4.69) is 57.3 Å². The fourth-order valence-corrected chi connectivity index (χ4v) is 4.46. The van der Waals surface area contributed by atoms with Crippen LogP contribution in [-0.4, -0.2) is 43.3 Å². The van der Waals surface area contributed by atoms with Crippen LogP contribution in [0.15, 0.2) is 81.8 Å². The van der Waals surface area contributed by atoms with Crippen molar-refractivity contribution in [2.75, 3.05) is 26.7 Å². The van der Waals surface area contributed by atoms with Crippen molar-refractivity contribution in [1.29, 1.82) is 0 Å². The number of piperidine rings is 1. The number of likely N-dealkylation sites (tertiary alicyclic amines) is 1. The molecule has 0 unspecified atom stereocenters. The van der Waals surface area contributed by atoms with E-state index in [9.17, 15) is 0 Å². The maximum atomic E-state index is 6.24. The second-order valence-corrected chi connectivity index (χ2v) is 8.68. The van der Waals surface area contributed by atoms with Gasteiger partial charge >= 0.3 is 0 Å². The van der Waals surface area contributed by atoms with Crippen LogP contribution in [0, 0.1) is 0 Å². The maximum Gasteiger partial charge on any atom is 0.0707 e. The molecule has 1 N–H and O–H groups in total. The highest BCUT2D eigenvalue weighted by atomic mass is 35.5. The topological polar surface area (TPSA) is 40.5 Å². The number of pyridine rings is 1. The number of aromatic nitrogens is 1. The number of rotatable bonds is 10. The van der Waals surface area contributed by atoms with Crippen molar-refractivity contribution >= 4 is 23.9 Å². The summed E-state index contributed by atoms with van der Waals surface area (Å²) in [5.74, 6) is 0. The lowest BCUT2D eigenvalue weighted by Gasteiger charge is -2.30. The van der Waals surface area contributed by atoms with Gasteiger partial charge in [-0.2, -0.15) is 0 Å². The second-order valence-electron chi connectivity index (χ2n) is 8.25. The first kappa shape index (κ1) is 24.2. The Balaban J connectivity index is 1.58. The standard InChI is InChI=1S/C27H35ClN4/c1-29-21-25(30-2)11-4-3-7-18-32-19-15-23(16-20-32)27(26-12-5-6-17-31-26)22-9-8-10-24(28)14-13-22/h5-6,9-10,12-14,17,21,29H,2-4,7-8,11,15-16,18-20H2,1H3/b25-21-. The van der Waals surface area contributed by atoms with Crippen LogP contribution in [0.2, 0.25) is 0 Å². The third-order valence-electron chi connectivity index (χ3n) is 6.02. The zero-order valence-electron chi connectivity index (χ0n) is 19.2. The third-order valence-corrected chi connectivity index (χ3v) is 6.30. The molecule has 170 valence electrons. The molecule has 1 aromatic rings. The molecule has 0 aromatic carbocycles. The SMILES string of the molecule is C=N/C(=C\NC)CCCCCN1CCC(=C(C2=CCC=C(Cl)C=C2)c2ccccn2)CC1. The quantitative estimate of drug-likeness (QED) is 0.337.